The van der Waals surface area contributed by atoms with Crippen molar-refractivity contribution in [3.05, 3.63) is 0 Å². The molecule has 0 heterocycles. The summed E-state index contributed by atoms with van der Waals surface area (Å²) in [7, 11) is 1.33. The Morgan fingerprint density at radius 1 is 1.44 bits per heavy atom. The van der Waals surface area contributed by atoms with Crippen LogP contribution in [0.1, 0.15) is 39.0 Å². The molecule has 0 aromatic carbocycles. The van der Waals surface area contributed by atoms with Gasteiger partial charge in [-0.2, -0.15) is 0 Å². The predicted molar refractivity (Wildman–Crippen MR) is 67.2 cm³/mol. The molecule has 0 radical (unpaired) electrons. The van der Waals surface area contributed by atoms with E-state index in [-0.39, 0.29) is 12.5 Å². The van der Waals surface area contributed by atoms with Crippen LogP contribution in [0, 0.1) is 11.8 Å². The van der Waals surface area contributed by atoms with Crippen molar-refractivity contribution >= 4 is 11.9 Å². The minimum atomic E-state index is -1.05. The van der Waals surface area contributed by atoms with Gasteiger partial charge in [0.2, 0.25) is 5.91 Å². The third-order valence-electron chi connectivity index (χ3n) is 3.56. The Labute approximate surface area is 108 Å². The lowest BCUT2D eigenvalue weighted by atomic mass is 9.81. The summed E-state index contributed by atoms with van der Waals surface area (Å²) in [6.07, 6.45) is 4.18. The first kappa shape index (κ1) is 15.0. The van der Waals surface area contributed by atoms with Gasteiger partial charge in [-0.3, -0.25) is 4.79 Å². The van der Waals surface area contributed by atoms with Gasteiger partial charge in [-0.15, -0.1) is 0 Å². The molecule has 3 unspecified atom stereocenters. The minimum Gasteiger partial charge on any atom is -0.479 e. The Morgan fingerprint density at radius 2 is 2.17 bits per heavy atom. The van der Waals surface area contributed by atoms with Gasteiger partial charge in [0.1, 0.15) is 0 Å². The van der Waals surface area contributed by atoms with Crippen molar-refractivity contribution in [2.45, 2.75) is 45.1 Å². The maximum Gasteiger partial charge on any atom is 0.334 e. The number of carbonyl (C=O) groups is 2. The zero-order valence-corrected chi connectivity index (χ0v) is 11.1. The molecule has 1 amide bonds. The van der Waals surface area contributed by atoms with Crippen molar-refractivity contribution in [1.29, 1.82) is 0 Å². The number of amides is 1. The van der Waals surface area contributed by atoms with Crippen LogP contribution in [0.25, 0.3) is 0 Å². The molecule has 5 nitrogen and oxygen atoms in total. The second-order valence-corrected chi connectivity index (χ2v) is 5.21. The van der Waals surface area contributed by atoms with Gasteiger partial charge < -0.3 is 15.2 Å². The Morgan fingerprint density at radius 3 is 2.72 bits per heavy atom. The molecule has 0 aromatic heterocycles. The maximum absolute atomic E-state index is 11.7. The Hall–Kier alpha value is -1.10. The van der Waals surface area contributed by atoms with E-state index in [9.17, 15) is 9.59 Å². The second-order valence-electron chi connectivity index (χ2n) is 5.21. The van der Waals surface area contributed by atoms with Gasteiger partial charge in [-0.25, -0.2) is 4.79 Å². The average Bonchev–Trinajstić information content (AvgIpc) is 2.29. The van der Waals surface area contributed by atoms with E-state index in [1.165, 1.54) is 20.0 Å². The Kier molecular flexibility index (Phi) is 6.12. The number of nitrogens with one attached hydrogen (secondary N) is 1. The smallest absolute Gasteiger partial charge is 0.334 e. The second kappa shape index (κ2) is 7.36. The van der Waals surface area contributed by atoms with Crippen LogP contribution in [0.3, 0.4) is 0 Å². The van der Waals surface area contributed by atoms with E-state index < -0.39 is 12.1 Å². The number of rotatable bonds is 6. The number of carboxylic acid groups (broad SMARTS) is 1. The SMILES string of the molecule is COC(CNC(=O)CC1CCCC(C)C1)C(=O)O. The summed E-state index contributed by atoms with van der Waals surface area (Å²) in [5.74, 6) is 0.0170. The largest absolute Gasteiger partial charge is 0.479 e. The van der Waals surface area contributed by atoms with Gasteiger partial charge in [0.25, 0.3) is 0 Å². The summed E-state index contributed by atoms with van der Waals surface area (Å²) in [6, 6.07) is 0. The van der Waals surface area contributed by atoms with E-state index in [0.29, 0.717) is 18.3 Å². The van der Waals surface area contributed by atoms with Gasteiger partial charge >= 0.3 is 5.97 Å². The summed E-state index contributed by atoms with van der Waals surface area (Å²) in [5, 5.41) is 11.4. The van der Waals surface area contributed by atoms with Crippen LogP contribution in [-0.4, -0.2) is 36.7 Å². The molecule has 0 aromatic rings. The summed E-state index contributed by atoms with van der Waals surface area (Å²) in [5.41, 5.74) is 0. The lowest BCUT2D eigenvalue weighted by Gasteiger charge is -2.26. The molecule has 2 N–H and O–H groups in total. The molecule has 1 aliphatic rings. The minimum absolute atomic E-state index is 0.0347. The molecule has 0 spiro atoms. The van der Waals surface area contributed by atoms with Crippen molar-refractivity contribution in [2.24, 2.45) is 11.8 Å². The highest BCUT2D eigenvalue weighted by Crippen LogP contribution is 2.30. The third-order valence-corrected chi connectivity index (χ3v) is 3.56. The molecule has 1 fully saturated rings. The van der Waals surface area contributed by atoms with E-state index in [0.717, 1.165) is 12.8 Å². The number of aliphatic carboxylic acids is 1. The first-order valence-electron chi connectivity index (χ1n) is 6.55. The number of carbonyl (C=O) groups excluding carboxylic acids is 1. The fourth-order valence-electron chi connectivity index (χ4n) is 2.56. The normalized spacial score (nSPS) is 25.4. The van der Waals surface area contributed by atoms with Crippen LogP contribution in [0.5, 0.6) is 0 Å². The molecule has 1 rings (SSSR count). The highest BCUT2D eigenvalue weighted by atomic mass is 16.5. The zero-order chi connectivity index (χ0) is 13.5. The summed E-state index contributed by atoms with van der Waals surface area (Å²) in [4.78, 5) is 22.4. The number of carboxylic acids is 1. The van der Waals surface area contributed by atoms with Crippen LogP contribution in [-0.2, 0) is 14.3 Å². The van der Waals surface area contributed by atoms with Crippen molar-refractivity contribution < 1.29 is 19.4 Å². The van der Waals surface area contributed by atoms with Crippen LogP contribution in [0.2, 0.25) is 0 Å². The van der Waals surface area contributed by atoms with Crippen molar-refractivity contribution in [1.82, 2.24) is 5.32 Å². The van der Waals surface area contributed by atoms with Gasteiger partial charge in [-0.05, 0) is 24.7 Å². The standard InChI is InChI=1S/C13H23NO4/c1-9-4-3-5-10(6-9)7-12(15)14-8-11(18-2)13(16)17/h9-11H,3-8H2,1-2H3,(H,14,15)(H,16,17). The molecule has 104 valence electrons. The fraction of sp³-hybridized carbons (Fsp3) is 0.846. The molecule has 1 saturated carbocycles. The number of ether oxygens (including phenoxy) is 1. The summed E-state index contributed by atoms with van der Waals surface area (Å²) >= 11 is 0. The van der Waals surface area contributed by atoms with Crippen molar-refractivity contribution in [2.75, 3.05) is 13.7 Å². The average molecular weight is 257 g/mol. The van der Waals surface area contributed by atoms with E-state index >= 15 is 0 Å². The highest BCUT2D eigenvalue weighted by molar-refractivity contribution is 5.78. The van der Waals surface area contributed by atoms with Gasteiger partial charge in [0.05, 0.1) is 6.54 Å². The molecular weight excluding hydrogens is 234 g/mol. The molecule has 0 saturated heterocycles. The van der Waals surface area contributed by atoms with Gasteiger partial charge in [0, 0.05) is 13.5 Å². The first-order chi connectivity index (χ1) is 8.52. The quantitative estimate of drug-likeness (QED) is 0.754. The van der Waals surface area contributed by atoms with Gasteiger partial charge in [0.15, 0.2) is 6.10 Å². The molecule has 1 aliphatic carbocycles. The van der Waals surface area contributed by atoms with Crippen molar-refractivity contribution in [3.63, 3.8) is 0 Å². The topological polar surface area (TPSA) is 75.6 Å². The van der Waals surface area contributed by atoms with E-state index in [2.05, 4.69) is 12.2 Å². The first-order valence-corrected chi connectivity index (χ1v) is 6.55. The van der Waals surface area contributed by atoms with Gasteiger partial charge in [-0.1, -0.05) is 19.8 Å². The lowest BCUT2D eigenvalue weighted by Crippen LogP contribution is -2.38. The molecular formula is C13H23NO4. The summed E-state index contributed by atoms with van der Waals surface area (Å²) < 4.78 is 4.75. The molecule has 0 aliphatic heterocycles. The molecule has 5 heteroatoms. The molecule has 3 atom stereocenters. The number of hydrogen-bond acceptors (Lipinski definition) is 3. The Bertz CT molecular complexity index is 293. The fourth-order valence-corrected chi connectivity index (χ4v) is 2.56. The molecule has 0 bridgehead atoms. The number of methoxy groups -OCH3 is 1. The van der Waals surface area contributed by atoms with Crippen LogP contribution >= 0.6 is 0 Å². The monoisotopic (exact) mass is 257 g/mol. The Balaban J connectivity index is 2.26. The number of hydrogen-bond donors (Lipinski definition) is 2. The van der Waals surface area contributed by atoms with E-state index in [1.54, 1.807) is 0 Å². The third kappa shape index (κ3) is 5.04. The maximum atomic E-state index is 11.7. The van der Waals surface area contributed by atoms with Crippen LogP contribution < -0.4 is 5.32 Å². The molecule has 18 heavy (non-hydrogen) atoms. The van der Waals surface area contributed by atoms with E-state index in [4.69, 9.17) is 9.84 Å². The predicted octanol–water partition coefficient (Wildman–Crippen LogP) is 1.42. The summed E-state index contributed by atoms with van der Waals surface area (Å²) in [6.45, 7) is 2.25. The highest BCUT2D eigenvalue weighted by Gasteiger charge is 2.22. The van der Waals surface area contributed by atoms with Crippen LogP contribution in [0.15, 0.2) is 0 Å². The van der Waals surface area contributed by atoms with E-state index in [1.807, 2.05) is 0 Å². The van der Waals surface area contributed by atoms with Crippen LogP contribution in [0.4, 0.5) is 0 Å². The zero-order valence-electron chi connectivity index (χ0n) is 11.1. The lowest BCUT2D eigenvalue weighted by molar-refractivity contribution is -0.148. The van der Waals surface area contributed by atoms with Crippen molar-refractivity contribution in [3.8, 4) is 0 Å².